The van der Waals surface area contributed by atoms with E-state index < -0.39 is 12.0 Å². The summed E-state index contributed by atoms with van der Waals surface area (Å²) in [5.41, 5.74) is 3.09. The van der Waals surface area contributed by atoms with Crippen LogP contribution in [0.3, 0.4) is 0 Å². The number of hydrogen-bond donors (Lipinski definition) is 1. The van der Waals surface area contributed by atoms with Crippen LogP contribution in [0.1, 0.15) is 29.0 Å². The van der Waals surface area contributed by atoms with Crippen molar-refractivity contribution in [3.8, 4) is 0 Å². The summed E-state index contributed by atoms with van der Waals surface area (Å²) in [6.45, 7) is 1.99. The fraction of sp³-hybridized carbons (Fsp3) is 0.111. The smallest absolute Gasteiger partial charge is 0.338 e. The fourth-order valence-corrected chi connectivity index (χ4v) is 6.21. The van der Waals surface area contributed by atoms with Gasteiger partial charge >= 0.3 is 5.97 Å². The van der Waals surface area contributed by atoms with Crippen LogP contribution in [0.5, 0.6) is 0 Å². The SMILES string of the molecule is CCOC(=O)C1=C(c2ccccc2)N=c2s/c(=C\c3c[nH]c4ncccc34)c(=O)n2C1c1cccs1. The number of aromatic nitrogens is 3. The van der Waals surface area contributed by atoms with Crippen LogP contribution in [-0.2, 0) is 9.53 Å². The van der Waals surface area contributed by atoms with Crippen LogP contribution in [-0.4, -0.2) is 27.1 Å². The summed E-state index contributed by atoms with van der Waals surface area (Å²) >= 11 is 2.80. The number of esters is 1. The van der Waals surface area contributed by atoms with Gasteiger partial charge in [-0.1, -0.05) is 47.7 Å². The average Bonchev–Trinajstić information content (AvgIpc) is 3.64. The van der Waals surface area contributed by atoms with Crippen LogP contribution in [0.4, 0.5) is 0 Å². The number of thiazole rings is 1. The summed E-state index contributed by atoms with van der Waals surface area (Å²) in [6.07, 6.45) is 5.41. The van der Waals surface area contributed by atoms with E-state index in [1.807, 2.05) is 72.3 Å². The van der Waals surface area contributed by atoms with Gasteiger partial charge in [-0.2, -0.15) is 0 Å². The second-order valence-electron chi connectivity index (χ2n) is 8.09. The molecule has 0 amide bonds. The molecule has 0 bridgehead atoms. The van der Waals surface area contributed by atoms with Crippen LogP contribution in [0, 0.1) is 0 Å². The normalized spacial score (nSPS) is 15.7. The highest BCUT2D eigenvalue weighted by Crippen LogP contribution is 2.36. The monoisotopic (exact) mass is 512 g/mol. The summed E-state index contributed by atoms with van der Waals surface area (Å²) in [5.74, 6) is -0.476. The maximum absolute atomic E-state index is 13.8. The topological polar surface area (TPSA) is 89.3 Å². The molecular formula is C27H20N4O3S2. The van der Waals surface area contributed by atoms with Gasteiger partial charge in [0.2, 0.25) is 0 Å². The lowest BCUT2D eigenvalue weighted by atomic mass is 9.97. The molecule has 7 nitrogen and oxygen atoms in total. The Hall–Kier alpha value is -4.08. The lowest BCUT2D eigenvalue weighted by Crippen LogP contribution is -2.39. The van der Waals surface area contributed by atoms with Gasteiger partial charge in [0.05, 0.1) is 22.4 Å². The van der Waals surface area contributed by atoms with Crippen molar-refractivity contribution >= 4 is 51.4 Å². The van der Waals surface area contributed by atoms with Crippen molar-refractivity contribution in [2.45, 2.75) is 13.0 Å². The summed E-state index contributed by atoms with van der Waals surface area (Å²) in [5, 5.41) is 2.87. The van der Waals surface area contributed by atoms with Crippen molar-refractivity contribution in [2.75, 3.05) is 6.61 Å². The van der Waals surface area contributed by atoms with E-state index in [1.54, 1.807) is 17.7 Å². The van der Waals surface area contributed by atoms with Gasteiger partial charge in [-0.25, -0.2) is 14.8 Å². The maximum Gasteiger partial charge on any atom is 0.338 e. The first-order valence-electron chi connectivity index (χ1n) is 11.4. The number of nitrogens with zero attached hydrogens (tertiary/aromatic N) is 3. The van der Waals surface area contributed by atoms with E-state index in [4.69, 9.17) is 9.73 Å². The predicted molar refractivity (Wildman–Crippen MR) is 141 cm³/mol. The molecule has 1 atom stereocenters. The molecule has 0 saturated heterocycles. The summed E-state index contributed by atoms with van der Waals surface area (Å²) in [7, 11) is 0. The number of nitrogens with one attached hydrogen (secondary N) is 1. The molecule has 1 unspecified atom stereocenters. The molecule has 9 heteroatoms. The number of hydrogen-bond acceptors (Lipinski definition) is 7. The molecule has 1 aliphatic rings. The summed E-state index contributed by atoms with van der Waals surface area (Å²) in [4.78, 5) is 40.9. The summed E-state index contributed by atoms with van der Waals surface area (Å²) in [6, 6.07) is 16.6. The second kappa shape index (κ2) is 9.18. The lowest BCUT2D eigenvalue weighted by molar-refractivity contribution is -0.138. The Labute approximate surface area is 213 Å². The lowest BCUT2D eigenvalue weighted by Gasteiger charge is -2.24. The van der Waals surface area contributed by atoms with E-state index in [1.165, 1.54) is 22.7 Å². The number of aromatic amines is 1. The Morgan fingerprint density at radius 2 is 2.03 bits per heavy atom. The Kier molecular flexibility index (Phi) is 5.71. The van der Waals surface area contributed by atoms with Crippen LogP contribution in [0.2, 0.25) is 0 Å². The third-order valence-electron chi connectivity index (χ3n) is 5.96. The molecule has 6 rings (SSSR count). The number of carbonyl (C=O) groups excluding carboxylic acids is 1. The molecule has 5 aromatic rings. The van der Waals surface area contributed by atoms with E-state index in [2.05, 4.69) is 9.97 Å². The van der Waals surface area contributed by atoms with E-state index in [0.29, 0.717) is 20.6 Å². The predicted octanol–water partition coefficient (Wildman–Crippen LogP) is 3.87. The zero-order chi connectivity index (χ0) is 24.6. The van der Waals surface area contributed by atoms with Gasteiger partial charge in [0.25, 0.3) is 5.56 Å². The molecule has 178 valence electrons. The van der Waals surface area contributed by atoms with Crippen molar-refractivity contribution in [1.29, 1.82) is 0 Å². The molecule has 0 radical (unpaired) electrons. The van der Waals surface area contributed by atoms with E-state index in [0.717, 1.165) is 27.0 Å². The number of fused-ring (bicyclic) bond motifs is 2. The fourth-order valence-electron chi connectivity index (χ4n) is 4.39. The number of ether oxygens (including phenoxy) is 1. The van der Waals surface area contributed by atoms with Crippen LogP contribution < -0.4 is 14.9 Å². The molecule has 0 fully saturated rings. The van der Waals surface area contributed by atoms with Gasteiger partial charge in [0, 0.05) is 33.8 Å². The molecule has 1 aromatic carbocycles. The number of H-pyrrole nitrogens is 1. The minimum atomic E-state index is -0.637. The Morgan fingerprint density at radius 1 is 1.17 bits per heavy atom. The molecule has 0 saturated carbocycles. The maximum atomic E-state index is 13.8. The number of rotatable bonds is 5. The average molecular weight is 513 g/mol. The van der Waals surface area contributed by atoms with Gasteiger partial charge in [0.15, 0.2) is 4.80 Å². The van der Waals surface area contributed by atoms with Crippen LogP contribution in [0.25, 0.3) is 22.8 Å². The van der Waals surface area contributed by atoms with Crippen LogP contribution in [0.15, 0.2) is 87.7 Å². The first-order valence-corrected chi connectivity index (χ1v) is 13.1. The first-order chi connectivity index (χ1) is 17.7. The molecule has 1 aliphatic heterocycles. The standard InChI is InChI=1S/C27H20N4O3S2/c1-2-34-26(33)21-22(16-8-4-3-5-9-16)30-27-31(23(21)19-11-7-13-35-19)25(32)20(36-27)14-17-15-29-24-18(17)10-6-12-28-24/h3-15,23H,2H2,1H3,(H,28,29)/b20-14-. The molecule has 1 N–H and O–H groups in total. The number of carbonyl (C=O) groups is 1. The number of benzene rings is 1. The molecular weight excluding hydrogens is 492 g/mol. The Bertz CT molecular complexity index is 1790. The van der Waals surface area contributed by atoms with E-state index in [-0.39, 0.29) is 12.2 Å². The van der Waals surface area contributed by atoms with Gasteiger partial charge in [0.1, 0.15) is 11.7 Å². The van der Waals surface area contributed by atoms with Crippen LogP contribution >= 0.6 is 22.7 Å². The second-order valence-corrected chi connectivity index (χ2v) is 10.1. The Balaban J connectivity index is 1.64. The largest absolute Gasteiger partial charge is 0.463 e. The molecule has 36 heavy (non-hydrogen) atoms. The highest BCUT2D eigenvalue weighted by atomic mass is 32.1. The van der Waals surface area contributed by atoms with Crippen molar-refractivity contribution in [1.82, 2.24) is 14.5 Å². The van der Waals surface area contributed by atoms with E-state index in [9.17, 15) is 9.59 Å². The highest BCUT2D eigenvalue weighted by molar-refractivity contribution is 7.10. The zero-order valence-corrected chi connectivity index (χ0v) is 20.8. The first kappa shape index (κ1) is 22.4. The van der Waals surface area contributed by atoms with Gasteiger partial charge < -0.3 is 9.72 Å². The van der Waals surface area contributed by atoms with E-state index >= 15 is 0 Å². The Morgan fingerprint density at radius 3 is 2.81 bits per heavy atom. The third kappa shape index (κ3) is 3.73. The molecule has 0 aliphatic carbocycles. The molecule has 5 heterocycles. The van der Waals surface area contributed by atoms with Crippen molar-refractivity contribution in [3.05, 3.63) is 114 Å². The van der Waals surface area contributed by atoms with Crippen molar-refractivity contribution in [2.24, 2.45) is 4.99 Å². The van der Waals surface area contributed by atoms with Crippen molar-refractivity contribution < 1.29 is 9.53 Å². The molecule has 4 aromatic heterocycles. The molecule has 0 spiro atoms. The summed E-state index contributed by atoms with van der Waals surface area (Å²) < 4.78 is 7.62. The van der Waals surface area contributed by atoms with Gasteiger partial charge in [-0.05, 0) is 36.6 Å². The third-order valence-corrected chi connectivity index (χ3v) is 7.86. The highest BCUT2D eigenvalue weighted by Gasteiger charge is 2.35. The number of pyridine rings is 1. The minimum absolute atomic E-state index is 0.204. The van der Waals surface area contributed by atoms with Gasteiger partial charge in [-0.15, -0.1) is 11.3 Å². The minimum Gasteiger partial charge on any atom is -0.463 e. The van der Waals surface area contributed by atoms with Crippen molar-refractivity contribution in [3.63, 3.8) is 0 Å². The quantitative estimate of drug-likeness (QED) is 0.362. The van der Waals surface area contributed by atoms with Gasteiger partial charge in [-0.3, -0.25) is 9.36 Å². The number of thiophene rings is 1. The zero-order valence-electron chi connectivity index (χ0n) is 19.2.